The average Bonchev–Trinajstić information content (AvgIpc) is 2.26. The van der Waals surface area contributed by atoms with E-state index in [1.165, 1.54) is 12.1 Å². The van der Waals surface area contributed by atoms with E-state index in [2.05, 4.69) is 20.7 Å². The SMILES string of the molecule is CC(CO)C(C)NS(=O)(=O)c1ccc(Br)cc1F. The molecule has 102 valence electrons. The van der Waals surface area contributed by atoms with Crippen LogP contribution in [0, 0.1) is 11.7 Å². The Hall–Kier alpha value is -0.500. The summed E-state index contributed by atoms with van der Waals surface area (Å²) in [6, 6.07) is 3.26. The smallest absolute Gasteiger partial charge is 0.243 e. The highest BCUT2D eigenvalue weighted by atomic mass is 79.9. The molecule has 0 amide bonds. The summed E-state index contributed by atoms with van der Waals surface area (Å²) >= 11 is 3.06. The van der Waals surface area contributed by atoms with Crippen molar-refractivity contribution in [2.45, 2.75) is 24.8 Å². The van der Waals surface area contributed by atoms with Crippen LogP contribution < -0.4 is 4.72 Å². The summed E-state index contributed by atoms with van der Waals surface area (Å²) in [7, 11) is -3.92. The van der Waals surface area contributed by atoms with E-state index in [1.807, 2.05) is 0 Å². The quantitative estimate of drug-likeness (QED) is 0.860. The molecule has 0 aliphatic carbocycles. The van der Waals surface area contributed by atoms with Crippen LogP contribution in [-0.2, 0) is 10.0 Å². The lowest BCUT2D eigenvalue weighted by atomic mass is 10.1. The minimum absolute atomic E-state index is 0.146. The Morgan fingerprint density at radius 3 is 2.56 bits per heavy atom. The van der Waals surface area contributed by atoms with Crippen molar-refractivity contribution >= 4 is 26.0 Å². The monoisotopic (exact) mass is 339 g/mol. The first kappa shape index (κ1) is 15.6. The standard InChI is InChI=1S/C11H15BrFNO3S/c1-7(6-15)8(2)14-18(16,17)11-4-3-9(12)5-10(11)13/h3-5,7-8,14-15H,6H2,1-2H3. The molecule has 1 aromatic carbocycles. The molecule has 0 radical (unpaired) electrons. The molecule has 1 aromatic rings. The van der Waals surface area contributed by atoms with Gasteiger partial charge in [0.05, 0.1) is 0 Å². The van der Waals surface area contributed by atoms with E-state index in [-0.39, 0.29) is 12.5 Å². The zero-order chi connectivity index (χ0) is 13.9. The molecule has 0 bridgehead atoms. The Morgan fingerprint density at radius 2 is 2.06 bits per heavy atom. The number of benzene rings is 1. The minimum atomic E-state index is -3.92. The van der Waals surface area contributed by atoms with Crippen LogP contribution in [0.2, 0.25) is 0 Å². The highest BCUT2D eigenvalue weighted by molar-refractivity contribution is 9.10. The van der Waals surface area contributed by atoms with Gasteiger partial charge in [-0.3, -0.25) is 0 Å². The van der Waals surface area contributed by atoms with Crippen molar-refractivity contribution in [3.63, 3.8) is 0 Å². The lowest BCUT2D eigenvalue weighted by molar-refractivity contribution is 0.216. The van der Waals surface area contributed by atoms with E-state index in [0.717, 1.165) is 6.07 Å². The van der Waals surface area contributed by atoms with Crippen molar-refractivity contribution in [2.75, 3.05) is 6.61 Å². The number of sulfonamides is 1. The molecule has 1 rings (SSSR count). The van der Waals surface area contributed by atoms with Crippen LogP contribution in [0.1, 0.15) is 13.8 Å². The third kappa shape index (κ3) is 3.74. The lowest BCUT2D eigenvalue weighted by Gasteiger charge is -2.19. The number of nitrogens with one attached hydrogen (secondary N) is 1. The first-order valence-corrected chi connectivity index (χ1v) is 7.63. The molecule has 18 heavy (non-hydrogen) atoms. The summed E-state index contributed by atoms with van der Waals surface area (Å²) in [5.41, 5.74) is 0. The molecule has 0 saturated heterocycles. The Labute approximate surface area is 114 Å². The van der Waals surface area contributed by atoms with E-state index in [4.69, 9.17) is 5.11 Å². The van der Waals surface area contributed by atoms with Gasteiger partial charge in [0.15, 0.2) is 0 Å². The van der Waals surface area contributed by atoms with Crippen LogP contribution in [0.15, 0.2) is 27.6 Å². The van der Waals surface area contributed by atoms with Crippen LogP contribution in [0.4, 0.5) is 4.39 Å². The molecule has 2 unspecified atom stereocenters. The lowest BCUT2D eigenvalue weighted by Crippen LogP contribution is -2.38. The van der Waals surface area contributed by atoms with E-state index in [1.54, 1.807) is 13.8 Å². The predicted molar refractivity (Wildman–Crippen MR) is 70.1 cm³/mol. The summed E-state index contributed by atoms with van der Waals surface area (Å²) in [6.07, 6.45) is 0. The number of rotatable bonds is 5. The largest absolute Gasteiger partial charge is 0.396 e. The van der Waals surface area contributed by atoms with Gasteiger partial charge in [0.25, 0.3) is 0 Å². The second-order valence-corrected chi connectivity index (χ2v) is 6.74. The van der Waals surface area contributed by atoms with Crippen molar-refractivity contribution < 1.29 is 17.9 Å². The fraction of sp³-hybridized carbons (Fsp3) is 0.455. The predicted octanol–water partition coefficient (Wildman–Crippen LogP) is 1.88. The number of aliphatic hydroxyl groups is 1. The van der Waals surface area contributed by atoms with Crippen LogP contribution in [0.25, 0.3) is 0 Å². The first-order chi connectivity index (χ1) is 8.27. The summed E-state index contributed by atoms with van der Waals surface area (Å²) < 4.78 is 40.3. The molecular formula is C11H15BrFNO3S. The molecule has 0 saturated carbocycles. The molecule has 0 aromatic heterocycles. The Bertz CT molecular complexity index is 521. The first-order valence-electron chi connectivity index (χ1n) is 5.36. The normalized spacial score (nSPS) is 15.4. The summed E-state index contributed by atoms with van der Waals surface area (Å²) in [4.78, 5) is -0.400. The molecule has 7 heteroatoms. The Kier molecular flexibility index (Phi) is 5.27. The minimum Gasteiger partial charge on any atom is -0.396 e. The van der Waals surface area contributed by atoms with Gasteiger partial charge < -0.3 is 5.11 Å². The molecule has 2 N–H and O–H groups in total. The molecule has 0 aliphatic rings. The zero-order valence-corrected chi connectivity index (χ0v) is 12.4. The number of halogens is 2. The second kappa shape index (κ2) is 6.10. The van der Waals surface area contributed by atoms with Gasteiger partial charge in [-0.25, -0.2) is 17.5 Å². The van der Waals surface area contributed by atoms with Gasteiger partial charge in [0, 0.05) is 17.1 Å². The van der Waals surface area contributed by atoms with Gasteiger partial charge in [-0.1, -0.05) is 22.9 Å². The van der Waals surface area contributed by atoms with Gasteiger partial charge in [-0.2, -0.15) is 0 Å². The van der Waals surface area contributed by atoms with Gasteiger partial charge in [0.1, 0.15) is 10.7 Å². The van der Waals surface area contributed by atoms with Crippen molar-refractivity contribution in [2.24, 2.45) is 5.92 Å². The maximum absolute atomic E-state index is 13.6. The van der Waals surface area contributed by atoms with E-state index in [9.17, 15) is 12.8 Å². The zero-order valence-electron chi connectivity index (χ0n) is 10.0. The fourth-order valence-corrected chi connectivity index (χ4v) is 3.02. The highest BCUT2D eigenvalue weighted by Crippen LogP contribution is 2.20. The molecule has 0 heterocycles. The highest BCUT2D eigenvalue weighted by Gasteiger charge is 2.23. The Balaban J connectivity index is 3.00. The fourth-order valence-electron chi connectivity index (χ4n) is 1.28. The average molecular weight is 340 g/mol. The van der Waals surface area contributed by atoms with Gasteiger partial charge >= 0.3 is 0 Å². The van der Waals surface area contributed by atoms with E-state index < -0.39 is 26.8 Å². The third-order valence-electron chi connectivity index (χ3n) is 2.67. The van der Waals surface area contributed by atoms with Crippen LogP contribution in [0.5, 0.6) is 0 Å². The topological polar surface area (TPSA) is 66.4 Å². The van der Waals surface area contributed by atoms with Crippen LogP contribution in [0.3, 0.4) is 0 Å². The maximum atomic E-state index is 13.6. The Morgan fingerprint density at radius 1 is 1.44 bits per heavy atom. The molecule has 0 fully saturated rings. The molecule has 0 aliphatic heterocycles. The van der Waals surface area contributed by atoms with Crippen LogP contribution >= 0.6 is 15.9 Å². The van der Waals surface area contributed by atoms with Crippen molar-refractivity contribution in [3.8, 4) is 0 Å². The summed E-state index contributed by atoms with van der Waals surface area (Å²) in [5.74, 6) is -1.07. The number of hydrogen-bond acceptors (Lipinski definition) is 3. The molecule has 4 nitrogen and oxygen atoms in total. The molecule has 0 spiro atoms. The molecular weight excluding hydrogens is 325 g/mol. The van der Waals surface area contributed by atoms with Gasteiger partial charge in [0.2, 0.25) is 10.0 Å². The maximum Gasteiger partial charge on any atom is 0.243 e. The molecule has 2 atom stereocenters. The van der Waals surface area contributed by atoms with E-state index in [0.29, 0.717) is 4.47 Å². The van der Waals surface area contributed by atoms with E-state index >= 15 is 0 Å². The summed E-state index contributed by atoms with van der Waals surface area (Å²) in [6.45, 7) is 3.17. The number of hydrogen-bond donors (Lipinski definition) is 2. The van der Waals surface area contributed by atoms with Crippen molar-refractivity contribution in [1.29, 1.82) is 0 Å². The van der Waals surface area contributed by atoms with Gasteiger partial charge in [-0.05, 0) is 31.0 Å². The second-order valence-electron chi connectivity index (χ2n) is 4.14. The van der Waals surface area contributed by atoms with Crippen LogP contribution in [-0.4, -0.2) is 26.2 Å². The summed E-state index contributed by atoms with van der Waals surface area (Å²) in [5, 5.41) is 8.95. The van der Waals surface area contributed by atoms with Crippen molar-refractivity contribution in [1.82, 2.24) is 4.72 Å². The van der Waals surface area contributed by atoms with Gasteiger partial charge in [-0.15, -0.1) is 0 Å². The van der Waals surface area contributed by atoms with Crippen molar-refractivity contribution in [3.05, 3.63) is 28.5 Å². The number of aliphatic hydroxyl groups excluding tert-OH is 1. The third-order valence-corrected chi connectivity index (χ3v) is 4.75.